The molecular weight excluding hydrogens is 302 g/mol. The molecule has 0 aliphatic carbocycles. The summed E-state index contributed by atoms with van der Waals surface area (Å²) in [5.41, 5.74) is 2.64. The molecule has 0 bridgehead atoms. The Labute approximate surface area is 125 Å². The predicted molar refractivity (Wildman–Crippen MR) is 85.8 cm³/mol. The highest BCUT2D eigenvalue weighted by molar-refractivity contribution is 9.10. The molecule has 106 valence electrons. The summed E-state index contributed by atoms with van der Waals surface area (Å²) in [6, 6.07) is 7.31. The van der Waals surface area contributed by atoms with Crippen LogP contribution in [0.4, 0.5) is 5.69 Å². The minimum atomic E-state index is 0.627. The van der Waals surface area contributed by atoms with Crippen molar-refractivity contribution in [1.82, 2.24) is 10.2 Å². The number of nitrogens with zero attached hydrogens (tertiary/aromatic N) is 2. The third-order valence-electron chi connectivity index (χ3n) is 3.90. The maximum absolute atomic E-state index is 3.72. The molecule has 0 radical (unpaired) electrons. The molecular formula is C15H24BrN3. The maximum atomic E-state index is 3.72. The van der Waals surface area contributed by atoms with Crippen molar-refractivity contribution in [1.29, 1.82) is 0 Å². The van der Waals surface area contributed by atoms with Gasteiger partial charge < -0.3 is 10.2 Å². The monoisotopic (exact) mass is 325 g/mol. The van der Waals surface area contributed by atoms with Gasteiger partial charge in [-0.25, -0.2) is 0 Å². The van der Waals surface area contributed by atoms with Crippen LogP contribution in [-0.4, -0.2) is 44.2 Å². The number of rotatable bonds is 4. The van der Waals surface area contributed by atoms with Gasteiger partial charge in [0.15, 0.2) is 0 Å². The zero-order valence-electron chi connectivity index (χ0n) is 12.1. The molecule has 0 saturated carbocycles. The van der Waals surface area contributed by atoms with Crippen LogP contribution in [0.15, 0.2) is 22.7 Å². The Morgan fingerprint density at radius 1 is 1.37 bits per heavy atom. The van der Waals surface area contributed by atoms with Crippen LogP contribution >= 0.6 is 15.9 Å². The third-order valence-corrected chi connectivity index (χ3v) is 4.54. The minimum Gasteiger partial charge on any atom is -0.368 e. The van der Waals surface area contributed by atoms with E-state index in [1.165, 1.54) is 15.7 Å². The molecule has 1 aliphatic rings. The van der Waals surface area contributed by atoms with E-state index >= 15 is 0 Å². The lowest BCUT2D eigenvalue weighted by Crippen LogP contribution is -2.51. The van der Waals surface area contributed by atoms with E-state index in [-0.39, 0.29) is 0 Å². The first-order valence-corrected chi connectivity index (χ1v) is 7.87. The number of anilines is 1. The summed E-state index contributed by atoms with van der Waals surface area (Å²) in [4.78, 5) is 5.03. The summed E-state index contributed by atoms with van der Waals surface area (Å²) in [5, 5.41) is 3.19. The van der Waals surface area contributed by atoms with E-state index in [0.29, 0.717) is 6.04 Å². The quantitative estimate of drug-likeness (QED) is 0.918. The van der Waals surface area contributed by atoms with E-state index < -0.39 is 0 Å². The van der Waals surface area contributed by atoms with Gasteiger partial charge in [-0.15, -0.1) is 0 Å². The van der Waals surface area contributed by atoms with Gasteiger partial charge in [0.05, 0.1) is 5.69 Å². The van der Waals surface area contributed by atoms with E-state index in [0.717, 1.165) is 32.7 Å². The van der Waals surface area contributed by atoms with E-state index in [4.69, 9.17) is 0 Å². The van der Waals surface area contributed by atoms with Crippen molar-refractivity contribution in [2.24, 2.45) is 0 Å². The lowest BCUT2D eigenvalue weighted by molar-refractivity contribution is 0.199. The first-order valence-electron chi connectivity index (χ1n) is 7.07. The largest absolute Gasteiger partial charge is 0.368 e. The Bertz CT molecular complexity index is 422. The molecule has 1 unspecified atom stereocenters. The zero-order valence-corrected chi connectivity index (χ0v) is 13.7. The number of piperazine rings is 1. The van der Waals surface area contributed by atoms with Crippen molar-refractivity contribution in [2.45, 2.75) is 26.4 Å². The van der Waals surface area contributed by atoms with Gasteiger partial charge in [0, 0.05) is 36.7 Å². The van der Waals surface area contributed by atoms with E-state index in [1.807, 2.05) is 7.05 Å². The van der Waals surface area contributed by atoms with Crippen LogP contribution in [-0.2, 0) is 6.54 Å². The smallest absolute Gasteiger partial charge is 0.0511 e. The van der Waals surface area contributed by atoms with Crippen molar-refractivity contribution in [3.63, 3.8) is 0 Å². The predicted octanol–water partition coefficient (Wildman–Crippen LogP) is 2.70. The molecule has 1 aromatic rings. The summed E-state index contributed by atoms with van der Waals surface area (Å²) in [6.07, 6.45) is 0. The van der Waals surface area contributed by atoms with Crippen LogP contribution in [0.3, 0.4) is 0 Å². The molecule has 2 rings (SSSR count). The molecule has 1 atom stereocenters. The second-order valence-corrected chi connectivity index (χ2v) is 6.09. The standard InChI is InChI=1S/C15H24BrN3/c1-4-18-7-8-19(11-12(18)2)15-6-5-13(10-17-3)9-14(15)16/h5-6,9,12,17H,4,7-8,10-11H2,1-3H3. The number of benzene rings is 1. The normalized spacial score (nSPS) is 20.8. The number of nitrogens with one attached hydrogen (secondary N) is 1. The molecule has 0 aromatic heterocycles. The molecule has 1 saturated heterocycles. The highest BCUT2D eigenvalue weighted by Gasteiger charge is 2.23. The van der Waals surface area contributed by atoms with E-state index in [9.17, 15) is 0 Å². The lowest BCUT2D eigenvalue weighted by Gasteiger charge is -2.40. The van der Waals surface area contributed by atoms with Crippen molar-refractivity contribution in [2.75, 3.05) is 38.1 Å². The van der Waals surface area contributed by atoms with Gasteiger partial charge >= 0.3 is 0 Å². The number of hydrogen-bond acceptors (Lipinski definition) is 3. The van der Waals surface area contributed by atoms with Crippen LogP contribution in [0.1, 0.15) is 19.4 Å². The molecule has 1 aliphatic heterocycles. The fraction of sp³-hybridized carbons (Fsp3) is 0.600. The van der Waals surface area contributed by atoms with Gasteiger partial charge in [0.1, 0.15) is 0 Å². The lowest BCUT2D eigenvalue weighted by atomic mass is 10.1. The molecule has 0 spiro atoms. The van der Waals surface area contributed by atoms with Crippen LogP contribution in [0.2, 0.25) is 0 Å². The third kappa shape index (κ3) is 3.50. The maximum Gasteiger partial charge on any atom is 0.0511 e. The highest BCUT2D eigenvalue weighted by Crippen LogP contribution is 2.29. The highest BCUT2D eigenvalue weighted by atomic mass is 79.9. The van der Waals surface area contributed by atoms with Crippen molar-refractivity contribution in [3.05, 3.63) is 28.2 Å². The molecule has 1 fully saturated rings. The first kappa shape index (κ1) is 14.8. The molecule has 1 aromatic carbocycles. The first-order chi connectivity index (χ1) is 9.15. The second kappa shape index (κ2) is 6.73. The molecule has 1 N–H and O–H groups in total. The number of likely N-dealkylation sites (N-methyl/N-ethyl adjacent to an activating group) is 1. The fourth-order valence-electron chi connectivity index (χ4n) is 2.80. The topological polar surface area (TPSA) is 18.5 Å². The second-order valence-electron chi connectivity index (χ2n) is 5.24. The van der Waals surface area contributed by atoms with Crippen LogP contribution in [0, 0.1) is 0 Å². The molecule has 1 heterocycles. The SMILES string of the molecule is CCN1CCN(c2ccc(CNC)cc2Br)CC1C. The number of halogens is 1. The number of hydrogen-bond donors (Lipinski definition) is 1. The molecule has 19 heavy (non-hydrogen) atoms. The van der Waals surface area contributed by atoms with E-state index in [2.05, 4.69) is 63.1 Å². The van der Waals surface area contributed by atoms with Gasteiger partial charge in [-0.2, -0.15) is 0 Å². The fourth-order valence-corrected chi connectivity index (χ4v) is 3.48. The van der Waals surface area contributed by atoms with Gasteiger partial charge in [-0.05, 0) is 54.1 Å². The van der Waals surface area contributed by atoms with Gasteiger partial charge in [0.25, 0.3) is 0 Å². The molecule has 3 nitrogen and oxygen atoms in total. The summed E-state index contributed by atoms with van der Waals surface area (Å²) >= 11 is 3.72. The summed E-state index contributed by atoms with van der Waals surface area (Å²) in [7, 11) is 1.98. The Hall–Kier alpha value is -0.580. The van der Waals surface area contributed by atoms with E-state index in [1.54, 1.807) is 0 Å². The minimum absolute atomic E-state index is 0.627. The summed E-state index contributed by atoms with van der Waals surface area (Å²) in [5.74, 6) is 0. The molecule has 4 heteroatoms. The van der Waals surface area contributed by atoms with Crippen LogP contribution in [0.5, 0.6) is 0 Å². The van der Waals surface area contributed by atoms with Gasteiger partial charge in [-0.1, -0.05) is 13.0 Å². The Morgan fingerprint density at radius 2 is 2.16 bits per heavy atom. The van der Waals surface area contributed by atoms with Crippen LogP contribution < -0.4 is 10.2 Å². The summed E-state index contributed by atoms with van der Waals surface area (Å²) in [6.45, 7) is 10.0. The zero-order chi connectivity index (χ0) is 13.8. The average Bonchev–Trinajstić information content (AvgIpc) is 2.39. The van der Waals surface area contributed by atoms with Gasteiger partial charge in [-0.3, -0.25) is 4.90 Å². The average molecular weight is 326 g/mol. The van der Waals surface area contributed by atoms with Gasteiger partial charge in [0.2, 0.25) is 0 Å². The van der Waals surface area contributed by atoms with Crippen molar-refractivity contribution >= 4 is 21.6 Å². The molecule has 0 amide bonds. The Kier molecular flexibility index (Phi) is 5.25. The summed E-state index contributed by atoms with van der Waals surface area (Å²) < 4.78 is 1.21. The van der Waals surface area contributed by atoms with Crippen molar-refractivity contribution < 1.29 is 0 Å². The van der Waals surface area contributed by atoms with Crippen molar-refractivity contribution in [3.8, 4) is 0 Å². The Balaban J connectivity index is 2.10. The Morgan fingerprint density at radius 3 is 2.74 bits per heavy atom. The van der Waals surface area contributed by atoms with Crippen LogP contribution in [0.25, 0.3) is 0 Å².